The highest BCUT2D eigenvalue weighted by molar-refractivity contribution is 5.78. The van der Waals surface area contributed by atoms with Gasteiger partial charge in [0.05, 0.1) is 11.5 Å². The zero-order chi connectivity index (χ0) is 19.5. The van der Waals surface area contributed by atoms with Crippen molar-refractivity contribution in [3.05, 3.63) is 52.1 Å². The van der Waals surface area contributed by atoms with E-state index in [1.54, 1.807) is 19.1 Å². The van der Waals surface area contributed by atoms with Gasteiger partial charge in [-0.1, -0.05) is 6.07 Å². The second-order valence-corrected chi connectivity index (χ2v) is 7.16. The molecule has 0 radical (unpaired) electrons. The fraction of sp³-hybridized carbons (Fsp3) is 0.381. The van der Waals surface area contributed by atoms with Gasteiger partial charge in [-0.2, -0.15) is 0 Å². The normalized spacial score (nSPS) is 14.6. The number of ether oxygens (including phenoxy) is 1. The Balaban J connectivity index is 1.45. The van der Waals surface area contributed by atoms with Crippen molar-refractivity contribution in [2.75, 3.05) is 26.2 Å². The molecule has 1 fully saturated rings. The molecule has 146 valence electrons. The molecule has 0 amide bonds. The quantitative estimate of drug-likeness (QED) is 0.339. The van der Waals surface area contributed by atoms with Crippen LogP contribution in [0.1, 0.15) is 24.8 Å². The van der Waals surface area contributed by atoms with Crippen molar-refractivity contribution >= 4 is 16.8 Å². The van der Waals surface area contributed by atoms with E-state index >= 15 is 0 Å². The number of oxazole rings is 1. The molecule has 0 unspecified atom stereocenters. The number of aryl methyl sites for hydroxylation is 1. The molecule has 2 aromatic carbocycles. The van der Waals surface area contributed by atoms with Crippen LogP contribution in [-0.4, -0.2) is 41.0 Å². The van der Waals surface area contributed by atoms with Gasteiger partial charge in [-0.3, -0.25) is 10.1 Å². The minimum atomic E-state index is -0.393. The second kappa shape index (κ2) is 7.98. The average molecular weight is 381 g/mol. The van der Waals surface area contributed by atoms with Gasteiger partial charge in [0.2, 0.25) is 5.89 Å². The molecule has 28 heavy (non-hydrogen) atoms. The van der Waals surface area contributed by atoms with Gasteiger partial charge in [0.15, 0.2) is 5.58 Å². The van der Waals surface area contributed by atoms with Crippen LogP contribution in [0, 0.1) is 17.0 Å². The first-order valence-corrected chi connectivity index (χ1v) is 9.61. The van der Waals surface area contributed by atoms with Gasteiger partial charge >= 0.3 is 0 Å². The Kier molecular flexibility index (Phi) is 5.25. The fourth-order valence-electron chi connectivity index (χ4n) is 3.54. The van der Waals surface area contributed by atoms with Crippen LogP contribution in [0.25, 0.3) is 22.6 Å². The number of aromatic nitrogens is 1. The van der Waals surface area contributed by atoms with Crippen LogP contribution in [-0.2, 0) is 0 Å². The number of benzene rings is 2. The van der Waals surface area contributed by atoms with Crippen molar-refractivity contribution in [1.82, 2.24) is 9.88 Å². The average Bonchev–Trinajstić information content (AvgIpc) is 3.34. The maximum atomic E-state index is 11.2. The standard InChI is InChI=1S/C21H23N3O4/c1-15-5-6-16(13-19(15)24(25)26)21-22-18-14-17(7-8-20(18)28-21)27-12-4-11-23-9-2-3-10-23/h5-8,13-14H,2-4,9-12H2,1H3. The lowest BCUT2D eigenvalue weighted by Gasteiger charge is -2.14. The molecule has 1 saturated heterocycles. The molecule has 0 saturated carbocycles. The highest BCUT2D eigenvalue weighted by Gasteiger charge is 2.16. The summed E-state index contributed by atoms with van der Waals surface area (Å²) in [5, 5.41) is 11.2. The summed E-state index contributed by atoms with van der Waals surface area (Å²) in [5.74, 6) is 1.12. The van der Waals surface area contributed by atoms with Crippen molar-refractivity contribution in [2.24, 2.45) is 0 Å². The molecule has 0 aliphatic carbocycles. The third kappa shape index (κ3) is 3.99. The van der Waals surface area contributed by atoms with Crippen molar-refractivity contribution in [2.45, 2.75) is 26.2 Å². The summed E-state index contributed by atoms with van der Waals surface area (Å²) in [5.41, 5.74) is 2.55. The summed E-state index contributed by atoms with van der Waals surface area (Å²) in [6.45, 7) is 5.84. The first kappa shape index (κ1) is 18.4. The van der Waals surface area contributed by atoms with E-state index in [2.05, 4.69) is 9.88 Å². The first-order chi connectivity index (χ1) is 13.6. The van der Waals surface area contributed by atoms with Crippen LogP contribution < -0.4 is 4.74 Å². The molecule has 4 rings (SSSR count). The molecule has 3 aromatic rings. The maximum absolute atomic E-state index is 11.2. The maximum Gasteiger partial charge on any atom is 0.273 e. The Morgan fingerprint density at radius 2 is 2.04 bits per heavy atom. The molecule has 0 N–H and O–H groups in total. The lowest BCUT2D eigenvalue weighted by molar-refractivity contribution is -0.385. The number of hydrogen-bond donors (Lipinski definition) is 0. The molecule has 2 heterocycles. The van der Waals surface area contributed by atoms with Crippen molar-refractivity contribution in [1.29, 1.82) is 0 Å². The summed E-state index contributed by atoms with van der Waals surface area (Å²) in [4.78, 5) is 17.7. The molecule has 0 atom stereocenters. The number of hydrogen-bond acceptors (Lipinski definition) is 6. The molecule has 1 aromatic heterocycles. The highest BCUT2D eigenvalue weighted by atomic mass is 16.6. The van der Waals surface area contributed by atoms with Crippen LogP contribution in [0.5, 0.6) is 5.75 Å². The van der Waals surface area contributed by atoms with Crippen molar-refractivity contribution < 1.29 is 14.1 Å². The monoisotopic (exact) mass is 381 g/mol. The first-order valence-electron chi connectivity index (χ1n) is 9.61. The Hall–Kier alpha value is -2.93. The third-order valence-electron chi connectivity index (χ3n) is 5.10. The minimum Gasteiger partial charge on any atom is -0.493 e. The Morgan fingerprint density at radius 3 is 2.82 bits per heavy atom. The third-order valence-corrected chi connectivity index (χ3v) is 5.10. The zero-order valence-electron chi connectivity index (χ0n) is 15.9. The fourth-order valence-corrected chi connectivity index (χ4v) is 3.54. The van der Waals surface area contributed by atoms with E-state index in [1.165, 1.54) is 32.0 Å². The number of rotatable bonds is 7. The van der Waals surface area contributed by atoms with Gasteiger partial charge in [-0.05, 0) is 57.5 Å². The van der Waals surface area contributed by atoms with Gasteiger partial charge in [0.1, 0.15) is 11.3 Å². The van der Waals surface area contributed by atoms with Crippen LogP contribution in [0.15, 0.2) is 40.8 Å². The molecular formula is C21H23N3O4. The summed E-state index contributed by atoms with van der Waals surface area (Å²) >= 11 is 0. The van der Waals surface area contributed by atoms with E-state index in [-0.39, 0.29) is 5.69 Å². The lowest BCUT2D eigenvalue weighted by Crippen LogP contribution is -2.21. The van der Waals surface area contributed by atoms with Crippen LogP contribution in [0.2, 0.25) is 0 Å². The van der Waals surface area contributed by atoms with Crippen LogP contribution >= 0.6 is 0 Å². The topological polar surface area (TPSA) is 81.6 Å². The van der Waals surface area contributed by atoms with E-state index in [9.17, 15) is 10.1 Å². The Bertz CT molecular complexity index is 992. The van der Waals surface area contributed by atoms with Gasteiger partial charge < -0.3 is 14.1 Å². The highest BCUT2D eigenvalue weighted by Crippen LogP contribution is 2.30. The Morgan fingerprint density at radius 1 is 1.21 bits per heavy atom. The number of nitro groups is 1. The molecule has 0 spiro atoms. The second-order valence-electron chi connectivity index (χ2n) is 7.16. The largest absolute Gasteiger partial charge is 0.493 e. The molecule has 1 aliphatic heterocycles. The van der Waals surface area contributed by atoms with Crippen molar-refractivity contribution in [3.63, 3.8) is 0 Å². The van der Waals surface area contributed by atoms with E-state index in [4.69, 9.17) is 9.15 Å². The van der Waals surface area contributed by atoms with Crippen molar-refractivity contribution in [3.8, 4) is 17.2 Å². The van der Waals surface area contributed by atoms with E-state index in [1.807, 2.05) is 18.2 Å². The lowest BCUT2D eigenvalue weighted by atomic mass is 10.1. The number of nitro benzene ring substituents is 1. The summed E-state index contributed by atoms with van der Waals surface area (Å²) in [6, 6.07) is 10.5. The predicted molar refractivity (Wildman–Crippen MR) is 107 cm³/mol. The smallest absolute Gasteiger partial charge is 0.273 e. The van der Waals surface area contributed by atoms with Gasteiger partial charge in [0.25, 0.3) is 5.69 Å². The molecule has 1 aliphatic rings. The summed E-state index contributed by atoms with van der Waals surface area (Å²) in [7, 11) is 0. The zero-order valence-corrected chi connectivity index (χ0v) is 15.9. The Labute approximate surface area is 163 Å². The number of likely N-dealkylation sites (tertiary alicyclic amines) is 1. The van der Waals surface area contributed by atoms with E-state index < -0.39 is 4.92 Å². The van der Waals surface area contributed by atoms with Gasteiger partial charge in [-0.15, -0.1) is 0 Å². The minimum absolute atomic E-state index is 0.0572. The van der Waals surface area contributed by atoms with E-state index in [0.29, 0.717) is 34.7 Å². The number of fused-ring (bicyclic) bond motifs is 1. The molecule has 7 heteroatoms. The van der Waals surface area contributed by atoms with Gasteiger partial charge in [-0.25, -0.2) is 4.98 Å². The molecular weight excluding hydrogens is 358 g/mol. The SMILES string of the molecule is Cc1ccc(-c2nc3cc(OCCCN4CCCC4)ccc3o2)cc1[N+](=O)[O-]. The summed E-state index contributed by atoms with van der Waals surface area (Å²) in [6.07, 6.45) is 3.60. The van der Waals surface area contributed by atoms with E-state index in [0.717, 1.165) is 18.7 Å². The molecule has 7 nitrogen and oxygen atoms in total. The summed E-state index contributed by atoms with van der Waals surface area (Å²) < 4.78 is 11.6. The predicted octanol–water partition coefficient (Wildman–Crippen LogP) is 4.58. The van der Waals surface area contributed by atoms with Crippen LogP contribution in [0.4, 0.5) is 5.69 Å². The number of nitrogens with zero attached hydrogens (tertiary/aromatic N) is 3. The molecule has 0 bridgehead atoms. The van der Waals surface area contributed by atoms with Crippen LogP contribution in [0.3, 0.4) is 0 Å². The van der Waals surface area contributed by atoms with Gasteiger partial charge in [0, 0.05) is 29.8 Å².